The summed E-state index contributed by atoms with van der Waals surface area (Å²) in [6.07, 6.45) is 3.88. The number of carbonyl (C=O) groups excluding carboxylic acids is 2. The van der Waals surface area contributed by atoms with Crippen molar-refractivity contribution >= 4 is 21.8 Å². The Hall–Kier alpha value is -2.39. The summed E-state index contributed by atoms with van der Waals surface area (Å²) in [4.78, 5) is 25.1. The fourth-order valence-electron chi connectivity index (χ4n) is 3.44. The summed E-state index contributed by atoms with van der Waals surface area (Å²) in [6, 6.07) is 5.25. The van der Waals surface area contributed by atoms with Crippen LogP contribution < -0.4 is 16.0 Å². The molecule has 0 aromatic heterocycles. The van der Waals surface area contributed by atoms with E-state index in [1.807, 2.05) is 13.8 Å². The number of nitrogens with zero attached hydrogens (tertiary/aromatic N) is 1. The predicted molar refractivity (Wildman–Crippen MR) is 105 cm³/mol. The van der Waals surface area contributed by atoms with Gasteiger partial charge in [0.1, 0.15) is 6.04 Å². The zero-order valence-electron chi connectivity index (χ0n) is 16.1. The van der Waals surface area contributed by atoms with Crippen molar-refractivity contribution < 1.29 is 18.0 Å². The molecule has 28 heavy (non-hydrogen) atoms. The molecule has 0 spiro atoms. The number of nitrogens with one attached hydrogen (secondary N) is 3. The van der Waals surface area contributed by atoms with E-state index in [9.17, 15) is 18.0 Å². The normalized spacial score (nSPS) is 21.9. The number of hydrogen-bond donors (Lipinski definition) is 3. The zero-order valence-corrected chi connectivity index (χ0v) is 16.9. The first-order chi connectivity index (χ1) is 13.2. The molecule has 8 nitrogen and oxygen atoms in total. The SMILES string of the molecule is Cc1ccc(S(=O)(=O)N2C=CNC(=O)[C@H]2CC(=O)NC2(C)CCNCC2)cc1. The van der Waals surface area contributed by atoms with Gasteiger partial charge in [-0.05, 0) is 51.9 Å². The number of piperidine rings is 1. The van der Waals surface area contributed by atoms with Crippen molar-refractivity contribution in [2.75, 3.05) is 13.1 Å². The topological polar surface area (TPSA) is 108 Å². The van der Waals surface area contributed by atoms with Gasteiger partial charge in [-0.1, -0.05) is 17.7 Å². The van der Waals surface area contributed by atoms with Crippen LogP contribution in [-0.2, 0) is 19.6 Å². The molecule has 152 valence electrons. The minimum absolute atomic E-state index is 0.0770. The molecule has 0 saturated carbocycles. The maximum Gasteiger partial charge on any atom is 0.264 e. The molecule has 2 aliphatic heterocycles. The first kappa shape index (κ1) is 20.3. The van der Waals surface area contributed by atoms with Gasteiger partial charge < -0.3 is 16.0 Å². The van der Waals surface area contributed by atoms with E-state index in [2.05, 4.69) is 16.0 Å². The van der Waals surface area contributed by atoms with Gasteiger partial charge in [-0.25, -0.2) is 8.42 Å². The number of hydrogen-bond acceptors (Lipinski definition) is 5. The molecule has 1 fully saturated rings. The summed E-state index contributed by atoms with van der Waals surface area (Å²) >= 11 is 0. The molecular formula is C19H26N4O4S. The van der Waals surface area contributed by atoms with Crippen molar-refractivity contribution in [3.8, 4) is 0 Å². The minimum Gasteiger partial charge on any atom is -0.351 e. The van der Waals surface area contributed by atoms with Gasteiger partial charge in [0, 0.05) is 17.9 Å². The fraction of sp³-hybridized carbons (Fsp3) is 0.474. The summed E-state index contributed by atoms with van der Waals surface area (Å²) in [5.41, 5.74) is 0.571. The molecular weight excluding hydrogens is 380 g/mol. The number of aryl methyl sites for hydroxylation is 1. The molecule has 1 saturated heterocycles. The molecule has 2 heterocycles. The number of amides is 2. The number of benzene rings is 1. The van der Waals surface area contributed by atoms with Crippen LogP contribution in [0.2, 0.25) is 0 Å². The molecule has 1 aromatic carbocycles. The summed E-state index contributed by atoms with van der Waals surface area (Å²) in [7, 11) is -3.96. The van der Waals surface area contributed by atoms with Crippen LogP contribution in [-0.4, -0.2) is 49.2 Å². The second-order valence-corrected chi connectivity index (χ2v) is 9.39. The largest absolute Gasteiger partial charge is 0.351 e. The van der Waals surface area contributed by atoms with Crippen molar-refractivity contribution in [3.05, 3.63) is 42.2 Å². The quantitative estimate of drug-likeness (QED) is 0.664. The predicted octanol–water partition coefficient (Wildman–Crippen LogP) is 0.604. The van der Waals surface area contributed by atoms with Crippen LogP contribution in [0.15, 0.2) is 41.6 Å². The summed E-state index contributed by atoms with van der Waals surface area (Å²) in [5.74, 6) is -0.868. The van der Waals surface area contributed by atoms with E-state index in [4.69, 9.17) is 0 Å². The molecule has 9 heteroatoms. The lowest BCUT2D eigenvalue weighted by molar-refractivity contribution is -0.130. The van der Waals surface area contributed by atoms with E-state index >= 15 is 0 Å². The molecule has 0 bridgehead atoms. The molecule has 2 amide bonds. The Labute approximate surface area is 165 Å². The highest BCUT2D eigenvalue weighted by Gasteiger charge is 2.38. The summed E-state index contributed by atoms with van der Waals surface area (Å²) in [6.45, 7) is 5.43. The molecule has 1 atom stereocenters. The lowest BCUT2D eigenvalue weighted by Crippen LogP contribution is -2.55. The van der Waals surface area contributed by atoms with E-state index in [1.54, 1.807) is 12.1 Å². The van der Waals surface area contributed by atoms with Gasteiger partial charge in [0.2, 0.25) is 11.8 Å². The van der Waals surface area contributed by atoms with E-state index in [1.165, 1.54) is 24.5 Å². The second kappa shape index (κ2) is 7.92. The minimum atomic E-state index is -3.96. The summed E-state index contributed by atoms with van der Waals surface area (Å²) in [5, 5.41) is 8.71. The van der Waals surface area contributed by atoms with E-state index in [-0.39, 0.29) is 22.8 Å². The molecule has 1 aromatic rings. The van der Waals surface area contributed by atoms with Crippen molar-refractivity contribution in [3.63, 3.8) is 0 Å². The van der Waals surface area contributed by atoms with Gasteiger partial charge in [-0.2, -0.15) is 0 Å². The fourth-order valence-corrected chi connectivity index (χ4v) is 4.89. The van der Waals surface area contributed by atoms with E-state index in [0.717, 1.165) is 35.8 Å². The first-order valence-electron chi connectivity index (χ1n) is 9.30. The number of sulfonamides is 1. The Morgan fingerprint density at radius 1 is 1.25 bits per heavy atom. The Bertz CT molecular complexity index is 874. The highest BCUT2D eigenvalue weighted by atomic mass is 32.2. The lowest BCUT2D eigenvalue weighted by atomic mass is 9.90. The average molecular weight is 407 g/mol. The Kier molecular flexibility index (Phi) is 5.76. The zero-order chi connectivity index (χ0) is 20.4. The van der Waals surface area contributed by atoms with Gasteiger partial charge in [0.25, 0.3) is 10.0 Å². The van der Waals surface area contributed by atoms with Crippen LogP contribution in [0.1, 0.15) is 31.7 Å². The van der Waals surface area contributed by atoms with Crippen LogP contribution in [0.4, 0.5) is 0 Å². The maximum absolute atomic E-state index is 13.0. The van der Waals surface area contributed by atoms with Crippen LogP contribution in [0.3, 0.4) is 0 Å². The van der Waals surface area contributed by atoms with Crippen molar-refractivity contribution in [1.82, 2.24) is 20.3 Å². The Morgan fingerprint density at radius 3 is 2.54 bits per heavy atom. The van der Waals surface area contributed by atoms with Gasteiger partial charge in [0.15, 0.2) is 0 Å². The molecule has 3 rings (SSSR count). The number of rotatable bonds is 5. The van der Waals surface area contributed by atoms with Crippen LogP contribution in [0.25, 0.3) is 0 Å². The lowest BCUT2D eigenvalue weighted by Gasteiger charge is -2.36. The molecule has 0 aliphatic carbocycles. The standard InChI is InChI=1S/C19H26N4O4S/c1-14-3-5-15(6-4-14)28(26,27)23-12-11-21-18(25)16(23)13-17(24)22-19(2)7-9-20-10-8-19/h3-6,11-12,16,20H,7-10,13H2,1-2H3,(H,21,25)(H,22,24)/t16-/m1/s1. The first-order valence-corrected chi connectivity index (χ1v) is 10.7. The Morgan fingerprint density at radius 2 is 1.89 bits per heavy atom. The molecule has 3 N–H and O–H groups in total. The van der Waals surface area contributed by atoms with Gasteiger partial charge in [-0.3, -0.25) is 13.9 Å². The van der Waals surface area contributed by atoms with Crippen molar-refractivity contribution in [2.45, 2.75) is 49.6 Å². The molecule has 0 radical (unpaired) electrons. The third-order valence-corrected chi connectivity index (χ3v) is 6.98. The van der Waals surface area contributed by atoms with Crippen molar-refractivity contribution in [1.29, 1.82) is 0 Å². The third-order valence-electron chi connectivity index (χ3n) is 5.18. The maximum atomic E-state index is 13.0. The van der Waals surface area contributed by atoms with Gasteiger partial charge >= 0.3 is 0 Å². The van der Waals surface area contributed by atoms with Crippen molar-refractivity contribution in [2.24, 2.45) is 0 Å². The number of carbonyl (C=O) groups is 2. The van der Waals surface area contributed by atoms with Crippen LogP contribution in [0.5, 0.6) is 0 Å². The van der Waals surface area contributed by atoms with Crippen LogP contribution in [0, 0.1) is 6.92 Å². The highest BCUT2D eigenvalue weighted by molar-refractivity contribution is 7.89. The summed E-state index contributed by atoms with van der Waals surface area (Å²) < 4.78 is 27.1. The third kappa shape index (κ3) is 4.36. The molecule has 0 unspecified atom stereocenters. The van der Waals surface area contributed by atoms with E-state index in [0.29, 0.717) is 0 Å². The molecule has 2 aliphatic rings. The highest BCUT2D eigenvalue weighted by Crippen LogP contribution is 2.24. The Balaban J connectivity index is 1.79. The monoisotopic (exact) mass is 406 g/mol. The second-order valence-electron chi connectivity index (χ2n) is 7.55. The van der Waals surface area contributed by atoms with Gasteiger partial charge in [0.05, 0.1) is 11.3 Å². The average Bonchev–Trinajstić information content (AvgIpc) is 2.63. The van der Waals surface area contributed by atoms with E-state index < -0.39 is 22.0 Å². The van der Waals surface area contributed by atoms with Crippen LogP contribution >= 0.6 is 0 Å². The smallest absolute Gasteiger partial charge is 0.264 e. The van der Waals surface area contributed by atoms with Gasteiger partial charge in [-0.15, -0.1) is 0 Å².